The molecule has 0 aromatic heterocycles. The van der Waals surface area contributed by atoms with E-state index in [9.17, 15) is 5.11 Å². The molecule has 1 heterocycles. The molecular weight excluding hydrogens is 344 g/mol. The maximum atomic E-state index is 11.0. The van der Waals surface area contributed by atoms with Crippen molar-refractivity contribution in [3.63, 3.8) is 0 Å². The maximum Gasteiger partial charge on any atom is 0.132 e. The Morgan fingerprint density at radius 2 is 1.71 bits per heavy atom. The van der Waals surface area contributed by atoms with Crippen molar-refractivity contribution >= 4 is 0 Å². The van der Waals surface area contributed by atoms with Crippen LogP contribution in [0, 0.1) is 6.92 Å². The first-order valence-corrected chi connectivity index (χ1v) is 10.8. The summed E-state index contributed by atoms with van der Waals surface area (Å²) in [5, 5.41) is 11.0. The summed E-state index contributed by atoms with van der Waals surface area (Å²) in [4.78, 5) is 0. The molecule has 2 nitrogen and oxygen atoms in total. The van der Waals surface area contributed by atoms with E-state index < -0.39 is 5.60 Å². The van der Waals surface area contributed by atoms with Crippen molar-refractivity contribution in [1.29, 1.82) is 0 Å². The van der Waals surface area contributed by atoms with Gasteiger partial charge >= 0.3 is 0 Å². The lowest BCUT2D eigenvalue weighted by atomic mass is 9.77. The van der Waals surface area contributed by atoms with Crippen molar-refractivity contribution in [3.8, 4) is 22.6 Å². The van der Waals surface area contributed by atoms with Crippen molar-refractivity contribution in [3.05, 3.63) is 47.0 Å². The van der Waals surface area contributed by atoms with Crippen LogP contribution in [0.2, 0.25) is 0 Å². The Morgan fingerprint density at radius 3 is 2.43 bits per heavy atom. The van der Waals surface area contributed by atoms with Gasteiger partial charge in [0, 0.05) is 5.56 Å². The lowest BCUT2D eigenvalue weighted by Gasteiger charge is -2.36. The predicted octanol–water partition coefficient (Wildman–Crippen LogP) is 7.63. The molecule has 0 bridgehead atoms. The molecule has 0 saturated carbocycles. The zero-order valence-corrected chi connectivity index (χ0v) is 18.5. The van der Waals surface area contributed by atoms with Gasteiger partial charge in [0.1, 0.15) is 17.1 Å². The highest BCUT2D eigenvalue weighted by atomic mass is 16.5. The highest BCUT2D eigenvalue weighted by Gasteiger charge is 2.35. The van der Waals surface area contributed by atoms with E-state index in [0.29, 0.717) is 5.75 Å². The third kappa shape index (κ3) is 4.06. The fourth-order valence-electron chi connectivity index (χ4n) is 4.38. The molecule has 2 aromatic carbocycles. The molecule has 0 saturated heterocycles. The number of phenolic OH excluding ortho intramolecular Hbond substituents is 1. The van der Waals surface area contributed by atoms with Gasteiger partial charge in [-0.2, -0.15) is 0 Å². The highest BCUT2D eigenvalue weighted by Crippen LogP contribution is 2.51. The number of rotatable bonds is 7. The standard InChI is InChI=1S/C26H36O2/c1-7-8-9-10-11-14-25(3,4)19-16-22(27)24-20-15-18(2)12-13-21(20)26(5,6)28-23(24)17-19/h12-13,15-17,27H,7-11,14H2,1-6H3. The summed E-state index contributed by atoms with van der Waals surface area (Å²) < 4.78 is 6.40. The molecule has 0 unspecified atom stereocenters. The summed E-state index contributed by atoms with van der Waals surface area (Å²) in [6, 6.07) is 10.5. The highest BCUT2D eigenvalue weighted by molar-refractivity contribution is 5.82. The van der Waals surface area contributed by atoms with Gasteiger partial charge in [0.2, 0.25) is 0 Å². The van der Waals surface area contributed by atoms with Gasteiger partial charge in [0.25, 0.3) is 0 Å². The molecule has 0 spiro atoms. The number of fused-ring (bicyclic) bond motifs is 3. The number of unbranched alkanes of at least 4 members (excludes halogenated alkanes) is 4. The second-order valence-corrected chi connectivity index (χ2v) is 9.58. The van der Waals surface area contributed by atoms with Crippen molar-refractivity contribution in [2.45, 2.75) is 91.1 Å². The molecule has 2 heteroatoms. The number of hydrogen-bond donors (Lipinski definition) is 1. The van der Waals surface area contributed by atoms with E-state index in [1.807, 2.05) is 6.07 Å². The van der Waals surface area contributed by atoms with Crippen molar-refractivity contribution < 1.29 is 9.84 Å². The fraction of sp³-hybridized carbons (Fsp3) is 0.538. The minimum atomic E-state index is -0.411. The normalized spacial score (nSPS) is 14.9. The fourth-order valence-corrected chi connectivity index (χ4v) is 4.38. The summed E-state index contributed by atoms with van der Waals surface area (Å²) in [5.74, 6) is 1.13. The molecule has 0 radical (unpaired) electrons. The minimum Gasteiger partial charge on any atom is -0.507 e. The Labute approximate surface area is 170 Å². The van der Waals surface area contributed by atoms with E-state index in [1.165, 1.54) is 37.7 Å². The summed E-state index contributed by atoms with van der Waals surface area (Å²) in [6.07, 6.45) is 7.53. The first-order valence-electron chi connectivity index (χ1n) is 10.8. The van der Waals surface area contributed by atoms with Gasteiger partial charge in [-0.3, -0.25) is 0 Å². The van der Waals surface area contributed by atoms with E-state index in [1.54, 1.807) is 0 Å². The van der Waals surface area contributed by atoms with Crippen LogP contribution in [0.25, 0.3) is 11.1 Å². The second kappa shape index (κ2) is 7.81. The lowest BCUT2D eigenvalue weighted by Crippen LogP contribution is -2.30. The molecule has 28 heavy (non-hydrogen) atoms. The second-order valence-electron chi connectivity index (χ2n) is 9.58. The Hall–Kier alpha value is -1.96. The number of aromatic hydroxyl groups is 1. The van der Waals surface area contributed by atoms with Crippen LogP contribution in [-0.4, -0.2) is 5.11 Å². The average Bonchev–Trinajstić information content (AvgIpc) is 2.60. The van der Waals surface area contributed by atoms with Gasteiger partial charge in [-0.15, -0.1) is 0 Å². The van der Waals surface area contributed by atoms with Crippen molar-refractivity contribution in [2.75, 3.05) is 0 Å². The first-order chi connectivity index (χ1) is 13.2. The minimum absolute atomic E-state index is 0.0130. The lowest BCUT2D eigenvalue weighted by molar-refractivity contribution is 0.105. The molecule has 0 atom stereocenters. The molecular formula is C26H36O2. The number of aryl methyl sites for hydroxylation is 1. The maximum absolute atomic E-state index is 11.0. The van der Waals surface area contributed by atoms with Crippen molar-refractivity contribution in [2.24, 2.45) is 0 Å². The van der Waals surface area contributed by atoms with Crippen LogP contribution >= 0.6 is 0 Å². The van der Waals surface area contributed by atoms with Gasteiger partial charge in [-0.1, -0.05) is 76.6 Å². The van der Waals surface area contributed by atoms with Crippen LogP contribution < -0.4 is 4.74 Å². The molecule has 0 fully saturated rings. The number of ether oxygens (including phenoxy) is 1. The number of hydrogen-bond acceptors (Lipinski definition) is 2. The van der Waals surface area contributed by atoms with Crippen LogP contribution in [0.1, 0.15) is 89.8 Å². The first kappa shape index (κ1) is 20.8. The van der Waals surface area contributed by atoms with Gasteiger partial charge in [0.05, 0.1) is 5.56 Å². The molecule has 3 rings (SSSR count). The van der Waals surface area contributed by atoms with Crippen LogP contribution in [0.4, 0.5) is 0 Å². The third-order valence-electron chi connectivity index (χ3n) is 6.23. The quantitative estimate of drug-likeness (QED) is 0.500. The van der Waals surface area contributed by atoms with E-state index in [2.05, 4.69) is 65.8 Å². The van der Waals surface area contributed by atoms with Crippen LogP contribution in [-0.2, 0) is 11.0 Å². The third-order valence-corrected chi connectivity index (χ3v) is 6.23. The van der Waals surface area contributed by atoms with E-state index in [4.69, 9.17) is 4.74 Å². The zero-order chi connectivity index (χ0) is 20.5. The Morgan fingerprint density at radius 1 is 1.00 bits per heavy atom. The van der Waals surface area contributed by atoms with Gasteiger partial charge in [-0.05, 0) is 55.9 Å². The molecule has 1 N–H and O–H groups in total. The van der Waals surface area contributed by atoms with Crippen LogP contribution in [0.15, 0.2) is 30.3 Å². The van der Waals surface area contributed by atoms with Gasteiger partial charge in [-0.25, -0.2) is 0 Å². The predicted molar refractivity (Wildman–Crippen MR) is 118 cm³/mol. The smallest absolute Gasteiger partial charge is 0.132 e. The summed E-state index contributed by atoms with van der Waals surface area (Å²) >= 11 is 0. The molecule has 0 aliphatic carbocycles. The molecule has 1 aliphatic rings. The monoisotopic (exact) mass is 380 g/mol. The number of benzene rings is 2. The van der Waals surface area contributed by atoms with E-state index in [0.717, 1.165) is 34.4 Å². The Bertz CT molecular complexity index is 846. The Kier molecular flexibility index (Phi) is 5.79. The van der Waals surface area contributed by atoms with E-state index in [-0.39, 0.29) is 5.41 Å². The topological polar surface area (TPSA) is 29.5 Å². The SMILES string of the molecule is CCCCCCCC(C)(C)c1cc(O)c2c(c1)OC(C)(C)c1ccc(C)cc1-2. The van der Waals surface area contributed by atoms with E-state index >= 15 is 0 Å². The molecule has 0 amide bonds. The van der Waals surface area contributed by atoms with Crippen molar-refractivity contribution in [1.82, 2.24) is 0 Å². The number of phenols is 1. The Balaban J connectivity index is 1.94. The molecule has 152 valence electrons. The zero-order valence-electron chi connectivity index (χ0n) is 18.5. The van der Waals surface area contributed by atoms with Crippen LogP contribution in [0.3, 0.4) is 0 Å². The largest absolute Gasteiger partial charge is 0.507 e. The summed E-state index contributed by atoms with van der Waals surface area (Å²) in [7, 11) is 0. The average molecular weight is 381 g/mol. The summed E-state index contributed by atoms with van der Waals surface area (Å²) in [6.45, 7) is 13.1. The van der Waals surface area contributed by atoms with Gasteiger partial charge < -0.3 is 9.84 Å². The van der Waals surface area contributed by atoms with Gasteiger partial charge in [0.15, 0.2) is 0 Å². The molecule has 1 aliphatic heterocycles. The summed E-state index contributed by atoms with van der Waals surface area (Å²) in [5.41, 5.74) is 5.01. The van der Waals surface area contributed by atoms with Crippen LogP contribution in [0.5, 0.6) is 11.5 Å². The molecule has 2 aromatic rings.